The third-order valence-electron chi connectivity index (χ3n) is 3.76. The maximum Gasteiger partial charge on any atom is 0.124 e. The zero-order valence-electron chi connectivity index (χ0n) is 11.9. The minimum absolute atomic E-state index is 0.210. The van der Waals surface area contributed by atoms with Crippen LogP contribution in [0, 0.1) is 17.1 Å². The van der Waals surface area contributed by atoms with E-state index in [-0.39, 0.29) is 5.82 Å². The molecule has 1 heterocycles. The summed E-state index contributed by atoms with van der Waals surface area (Å²) in [6, 6.07) is 7.34. The zero-order valence-corrected chi connectivity index (χ0v) is 13.5. The molecule has 1 aliphatic heterocycles. The van der Waals surface area contributed by atoms with Crippen molar-refractivity contribution in [3.05, 3.63) is 34.1 Å². The van der Waals surface area contributed by atoms with Crippen LogP contribution in [-0.4, -0.2) is 41.5 Å². The molecule has 0 unspecified atom stereocenters. The van der Waals surface area contributed by atoms with Gasteiger partial charge in [0.1, 0.15) is 11.4 Å². The molecule has 1 saturated heterocycles. The smallest absolute Gasteiger partial charge is 0.124 e. The third-order valence-corrected chi connectivity index (χ3v) is 4.22. The van der Waals surface area contributed by atoms with Gasteiger partial charge in [0.05, 0.1) is 6.07 Å². The topological polar surface area (TPSA) is 30.3 Å². The maximum atomic E-state index is 13.4. The van der Waals surface area contributed by atoms with E-state index < -0.39 is 5.54 Å². The maximum absolute atomic E-state index is 13.4. The van der Waals surface area contributed by atoms with E-state index in [4.69, 9.17) is 5.26 Å². The first-order valence-corrected chi connectivity index (χ1v) is 7.53. The lowest BCUT2D eigenvalue weighted by Crippen LogP contribution is -2.53. The average molecular weight is 340 g/mol. The van der Waals surface area contributed by atoms with Gasteiger partial charge in [0, 0.05) is 37.2 Å². The predicted octanol–water partition coefficient (Wildman–Crippen LogP) is 3.01. The standard InChI is InChI=1S/C15H19BrFN3/c1-15(2,11-18)20-5-3-19(4-6-20)10-12-7-13(16)9-14(17)8-12/h7-9H,3-6,10H2,1-2H3. The summed E-state index contributed by atoms with van der Waals surface area (Å²) in [5.41, 5.74) is 0.568. The van der Waals surface area contributed by atoms with Crippen LogP contribution in [0.4, 0.5) is 4.39 Å². The fourth-order valence-electron chi connectivity index (χ4n) is 2.50. The first kappa shape index (κ1) is 15.4. The molecule has 2 rings (SSSR count). The van der Waals surface area contributed by atoms with E-state index in [1.165, 1.54) is 6.07 Å². The van der Waals surface area contributed by atoms with Crippen LogP contribution in [0.15, 0.2) is 22.7 Å². The second-order valence-corrected chi connectivity index (χ2v) is 6.63. The molecule has 0 aromatic heterocycles. The monoisotopic (exact) mass is 339 g/mol. The number of halogens is 2. The highest BCUT2D eigenvalue weighted by atomic mass is 79.9. The molecule has 20 heavy (non-hydrogen) atoms. The largest absolute Gasteiger partial charge is 0.297 e. The van der Waals surface area contributed by atoms with Crippen LogP contribution in [0.1, 0.15) is 19.4 Å². The highest BCUT2D eigenvalue weighted by molar-refractivity contribution is 9.10. The van der Waals surface area contributed by atoms with Crippen molar-refractivity contribution in [2.45, 2.75) is 25.9 Å². The van der Waals surface area contributed by atoms with Crippen LogP contribution >= 0.6 is 15.9 Å². The van der Waals surface area contributed by atoms with Crippen LogP contribution in [-0.2, 0) is 6.54 Å². The number of piperazine rings is 1. The van der Waals surface area contributed by atoms with E-state index >= 15 is 0 Å². The van der Waals surface area contributed by atoms with E-state index in [0.29, 0.717) is 0 Å². The Bertz CT molecular complexity index is 496. The fraction of sp³-hybridized carbons (Fsp3) is 0.533. The number of hydrogen-bond acceptors (Lipinski definition) is 3. The van der Waals surface area contributed by atoms with Crippen molar-refractivity contribution in [2.24, 2.45) is 0 Å². The summed E-state index contributed by atoms with van der Waals surface area (Å²) in [6.45, 7) is 8.20. The molecule has 0 spiro atoms. The van der Waals surface area contributed by atoms with Crippen LogP contribution in [0.3, 0.4) is 0 Å². The molecular weight excluding hydrogens is 321 g/mol. The Kier molecular flexibility index (Phi) is 4.79. The summed E-state index contributed by atoms with van der Waals surface area (Å²) in [7, 11) is 0. The quantitative estimate of drug-likeness (QED) is 0.847. The Morgan fingerprint density at radius 1 is 1.25 bits per heavy atom. The molecule has 1 aromatic rings. The Balaban J connectivity index is 1.93. The van der Waals surface area contributed by atoms with Crippen LogP contribution < -0.4 is 0 Å². The van der Waals surface area contributed by atoms with Gasteiger partial charge in [-0.2, -0.15) is 5.26 Å². The van der Waals surface area contributed by atoms with Gasteiger partial charge >= 0.3 is 0 Å². The van der Waals surface area contributed by atoms with E-state index in [1.807, 2.05) is 19.9 Å². The van der Waals surface area contributed by atoms with Gasteiger partial charge in [-0.15, -0.1) is 0 Å². The van der Waals surface area contributed by atoms with Crippen LogP contribution in [0.25, 0.3) is 0 Å². The van der Waals surface area contributed by atoms with Gasteiger partial charge in [0.15, 0.2) is 0 Å². The molecule has 0 amide bonds. The molecule has 3 nitrogen and oxygen atoms in total. The Morgan fingerprint density at radius 3 is 2.45 bits per heavy atom. The molecule has 5 heteroatoms. The molecule has 1 aliphatic rings. The molecule has 0 bridgehead atoms. The van der Waals surface area contributed by atoms with Crippen molar-refractivity contribution in [2.75, 3.05) is 26.2 Å². The summed E-state index contributed by atoms with van der Waals surface area (Å²) < 4.78 is 14.1. The Hall–Kier alpha value is -0.960. The van der Waals surface area contributed by atoms with E-state index in [1.54, 1.807) is 6.07 Å². The number of hydrogen-bond donors (Lipinski definition) is 0. The van der Waals surface area contributed by atoms with Gasteiger partial charge in [0.2, 0.25) is 0 Å². The summed E-state index contributed by atoms with van der Waals surface area (Å²) >= 11 is 3.32. The van der Waals surface area contributed by atoms with Gasteiger partial charge in [-0.1, -0.05) is 15.9 Å². The van der Waals surface area contributed by atoms with Crippen molar-refractivity contribution in [1.82, 2.24) is 9.80 Å². The first-order chi connectivity index (χ1) is 9.40. The van der Waals surface area contributed by atoms with Gasteiger partial charge in [-0.3, -0.25) is 9.80 Å². The van der Waals surface area contributed by atoms with E-state index in [2.05, 4.69) is 31.8 Å². The molecule has 1 fully saturated rings. The zero-order chi connectivity index (χ0) is 14.8. The van der Waals surface area contributed by atoms with Crippen molar-refractivity contribution >= 4 is 15.9 Å². The van der Waals surface area contributed by atoms with Crippen molar-refractivity contribution in [3.63, 3.8) is 0 Å². The number of rotatable bonds is 3. The fourth-order valence-corrected chi connectivity index (χ4v) is 3.01. The summed E-state index contributed by atoms with van der Waals surface area (Å²) in [4.78, 5) is 4.50. The third kappa shape index (κ3) is 3.78. The second kappa shape index (κ2) is 6.21. The summed E-state index contributed by atoms with van der Waals surface area (Å²) in [5.74, 6) is -0.210. The second-order valence-electron chi connectivity index (χ2n) is 5.71. The van der Waals surface area contributed by atoms with Crippen molar-refractivity contribution in [1.29, 1.82) is 5.26 Å². The highest BCUT2D eigenvalue weighted by Gasteiger charge is 2.29. The molecule has 0 saturated carbocycles. The molecule has 108 valence electrons. The predicted molar refractivity (Wildman–Crippen MR) is 80.6 cm³/mol. The Morgan fingerprint density at radius 2 is 1.90 bits per heavy atom. The summed E-state index contributed by atoms with van der Waals surface area (Å²) in [6.07, 6.45) is 0. The van der Waals surface area contributed by atoms with Gasteiger partial charge in [0.25, 0.3) is 0 Å². The number of nitrogens with zero attached hydrogens (tertiary/aromatic N) is 3. The molecule has 0 atom stereocenters. The van der Waals surface area contributed by atoms with Crippen LogP contribution in [0.2, 0.25) is 0 Å². The van der Waals surface area contributed by atoms with Gasteiger partial charge in [-0.05, 0) is 37.6 Å². The lowest BCUT2D eigenvalue weighted by atomic mass is 10.0. The van der Waals surface area contributed by atoms with Crippen molar-refractivity contribution in [3.8, 4) is 6.07 Å². The lowest BCUT2D eigenvalue weighted by molar-refractivity contribution is 0.0763. The SMILES string of the molecule is CC(C)(C#N)N1CCN(Cc2cc(F)cc(Br)c2)CC1. The Labute approximate surface area is 128 Å². The summed E-state index contributed by atoms with van der Waals surface area (Å²) in [5, 5.41) is 9.16. The molecule has 0 N–H and O–H groups in total. The van der Waals surface area contributed by atoms with Gasteiger partial charge in [-0.25, -0.2) is 4.39 Å². The molecule has 1 aromatic carbocycles. The number of benzene rings is 1. The normalized spacial score (nSPS) is 17.9. The lowest BCUT2D eigenvalue weighted by Gasteiger charge is -2.40. The van der Waals surface area contributed by atoms with E-state index in [0.717, 1.165) is 42.8 Å². The number of nitriles is 1. The van der Waals surface area contributed by atoms with Crippen LogP contribution in [0.5, 0.6) is 0 Å². The van der Waals surface area contributed by atoms with E-state index in [9.17, 15) is 4.39 Å². The minimum Gasteiger partial charge on any atom is -0.297 e. The first-order valence-electron chi connectivity index (χ1n) is 6.74. The minimum atomic E-state index is -0.409. The highest BCUT2D eigenvalue weighted by Crippen LogP contribution is 2.19. The molecule has 0 radical (unpaired) electrons. The molecule has 0 aliphatic carbocycles. The molecular formula is C15H19BrFN3. The van der Waals surface area contributed by atoms with Gasteiger partial charge < -0.3 is 0 Å². The van der Waals surface area contributed by atoms with Crippen molar-refractivity contribution < 1.29 is 4.39 Å². The average Bonchev–Trinajstić information content (AvgIpc) is 2.38.